The standard InChI is InChI=1S/C14H13BrN2S/c15-13-8-11(6-7-12(13)14(16)17)18-9-10-4-2-1-3-5-10/h1-8H,9H2,(H3,16,17). The molecule has 2 nitrogen and oxygen atoms in total. The molecular formula is C14H13BrN2S. The van der Waals surface area contributed by atoms with E-state index < -0.39 is 0 Å². The number of amidine groups is 1. The Morgan fingerprint density at radius 1 is 1.17 bits per heavy atom. The van der Waals surface area contributed by atoms with E-state index in [2.05, 4.69) is 28.1 Å². The van der Waals surface area contributed by atoms with Crippen molar-refractivity contribution in [2.24, 2.45) is 5.73 Å². The van der Waals surface area contributed by atoms with Crippen LogP contribution in [0.15, 0.2) is 57.9 Å². The summed E-state index contributed by atoms with van der Waals surface area (Å²) in [5.41, 5.74) is 7.51. The molecule has 3 N–H and O–H groups in total. The maximum atomic E-state index is 7.42. The summed E-state index contributed by atoms with van der Waals surface area (Å²) in [6, 6.07) is 16.2. The zero-order chi connectivity index (χ0) is 13.0. The lowest BCUT2D eigenvalue weighted by Gasteiger charge is -2.06. The fourth-order valence-corrected chi connectivity index (χ4v) is 3.18. The van der Waals surface area contributed by atoms with Crippen LogP contribution in [-0.4, -0.2) is 5.84 Å². The zero-order valence-electron chi connectivity index (χ0n) is 9.69. The molecule has 2 rings (SSSR count). The van der Waals surface area contributed by atoms with Gasteiger partial charge < -0.3 is 5.73 Å². The van der Waals surface area contributed by atoms with E-state index in [1.165, 1.54) is 5.56 Å². The second-order valence-corrected chi connectivity index (χ2v) is 5.73. The number of benzene rings is 2. The number of hydrogen-bond donors (Lipinski definition) is 2. The summed E-state index contributed by atoms with van der Waals surface area (Å²) in [6.07, 6.45) is 0. The normalized spacial score (nSPS) is 10.3. The third-order valence-electron chi connectivity index (χ3n) is 2.48. The van der Waals surface area contributed by atoms with Crippen LogP contribution >= 0.6 is 27.7 Å². The first-order valence-electron chi connectivity index (χ1n) is 5.47. The molecule has 0 saturated heterocycles. The van der Waals surface area contributed by atoms with Gasteiger partial charge in [-0.05, 0) is 39.7 Å². The molecule has 2 aromatic carbocycles. The molecule has 0 unspecified atom stereocenters. The molecule has 0 atom stereocenters. The molecule has 2 aromatic rings. The van der Waals surface area contributed by atoms with Crippen molar-refractivity contribution in [1.29, 1.82) is 5.41 Å². The molecule has 92 valence electrons. The summed E-state index contributed by atoms with van der Waals surface area (Å²) < 4.78 is 0.869. The van der Waals surface area contributed by atoms with Crippen molar-refractivity contribution in [2.75, 3.05) is 0 Å². The van der Waals surface area contributed by atoms with Gasteiger partial charge in [0, 0.05) is 20.7 Å². The highest BCUT2D eigenvalue weighted by Gasteiger charge is 2.04. The highest BCUT2D eigenvalue weighted by molar-refractivity contribution is 9.10. The minimum Gasteiger partial charge on any atom is -0.384 e. The van der Waals surface area contributed by atoms with Gasteiger partial charge in [-0.3, -0.25) is 5.41 Å². The van der Waals surface area contributed by atoms with E-state index in [9.17, 15) is 0 Å². The fraction of sp³-hybridized carbons (Fsp3) is 0.0714. The Kier molecular flexibility index (Phi) is 4.44. The van der Waals surface area contributed by atoms with E-state index in [0.717, 1.165) is 20.7 Å². The van der Waals surface area contributed by atoms with E-state index in [1.807, 2.05) is 36.4 Å². The smallest absolute Gasteiger partial charge is 0.123 e. The van der Waals surface area contributed by atoms with Gasteiger partial charge in [0.25, 0.3) is 0 Å². The van der Waals surface area contributed by atoms with Crippen molar-refractivity contribution in [3.8, 4) is 0 Å². The molecular weight excluding hydrogens is 308 g/mol. The monoisotopic (exact) mass is 320 g/mol. The molecule has 0 fully saturated rings. The molecule has 0 amide bonds. The number of thioether (sulfide) groups is 1. The molecule has 0 spiro atoms. The molecule has 0 radical (unpaired) electrons. The van der Waals surface area contributed by atoms with Gasteiger partial charge in [0.15, 0.2) is 0 Å². The largest absolute Gasteiger partial charge is 0.384 e. The molecule has 0 bridgehead atoms. The van der Waals surface area contributed by atoms with Crippen molar-refractivity contribution < 1.29 is 0 Å². The van der Waals surface area contributed by atoms with Crippen LogP contribution in [0.25, 0.3) is 0 Å². The molecule has 0 aliphatic heterocycles. The average Bonchev–Trinajstić information content (AvgIpc) is 2.37. The lowest BCUT2D eigenvalue weighted by molar-refractivity contribution is 1.34. The molecule has 0 aliphatic carbocycles. The van der Waals surface area contributed by atoms with Gasteiger partial charge in [0.05, 0.1) is 0 Å². The van der Waals surface area contributed by atoms with Crippen LogP contribution in [0.1, 0.15) is 11.1 Å². The first kappa shape index (κ1) is 13.2. The van der Waals surface area contributed by atoms with Crippen molar-refractivity contribution in [3.05, 3.63) is 64.1 Å². The fourth-order valence-electron chi connectivity index (χ4n) is 1.54. The van der Waals surface area contributed by atoms with Crippen LogP contribution in [0.2, 0.25) is 0 Å². The second kappa shape index (κ2) is 6.07. The van der Waals surface area contributed by atoms with E-state index >= 15 is 0 Å². The number of nitrogens with one attached hydrogen (secondary N) is 1. The highest BCUT2D eigenvalue weighted by Crippen LogP contribution is 2.27. The van der Waals surface area contributed by atoms with Crippen LogP contribution in [0, 0.1) is 5.41 Å². The van der Waals surface area contributed by atoms with E-state index in [-0.39, 0.29) is 5.84 Å². The number of halogens is 1. The predicted molar refractivity (Wildman–Crippen MR) is 81.2 cm³/mol. The SMILES string of the molecule is N=C(N)c1ccc(SCc2ccccc2)cc1Br. The first-order chi connectivity index (χ1) is 8.66. The lowest BCUT2D eigenvalue weighted by atomic mass is 10.2. The van der Waals surface area contributed by atoms with E-state index in [4.69, 9.17) is 11.1 Å². The Labute approximate surface area is 119 Å². The third kappa shape index (κ3) is 3.37. The van der Waals surface area contributed by atoms with Gasteiger partial charge in [0.2, 0.25) is 0 Å². The Morgan fingerprint density at radius 3 is 2.50 bits per heavy atom. The summed E-state index contributed by atoms with van der Waals surface area (Å²) in [4.78, 5) is 1.16. The lowest BCUT2D eigenvalue weighted by Crippen LogP contribution is -2.11. The van der Waals surface area contributed by atoms with Gasteiger partial charge in [-0.25, -0.2) is 0 Å². The van der Waals surface area contributed by atoms with Crippen LogP contribution < -0.4 is 5.73 Å². The van der Waals surface area contributed by atoms with Crippen molar-refractivity contribution >= 4 is 33.5 Å². The van der Waals surface area contributed by atoms with Crippen LogP contribution in [-0.2, 0) is 5.75 Å². The number of rotatable bonds is 4. The quantitative estimate of drug-likeness (QED) is 0.507. The predicted octanol–water partition coefficient (Wildman–Crippen LogP) is 4.03. The van der Waals surface area contributed by atoms with Gasteiger partial charge in [-0.15, -0.1) is 11.8 Å². The summed E-state index contributed by atoms with van der Waals surface area (Å²) in [5, 5.41) is 7.42. The molecule has 0 saturated carbocycles. The maximum Gasteiger partial charge on any atom is 0.123 e. The Balaban J connectivity index is 2.07. The van der Waals surface area contributed by atoms with Crippen LogP contribution in [0.3, 0.4) is 0 Å². The van der Waals surface area contributed by atoms with Gasteiger partial charge >= 0.3 is 0 Å². The summed E-state index contributed by atoms with van der Waals surface area (Å²) in [5.74, 6) is 1.02. The molecule has 18 heavy (non-hydrogen) atoms. The van der Waals surface area contributed by atoms with Gasteiger partial charge in [-0.2, -0.15) is 0 Å². The molecule has 0 aromatic heterocycles. The zero-order valence-corrected chi connectivity index (χ0v) is 12.1. The maximum absolute atomic E-state index is 7.42. The van der Waals surface area contributed by atoms with Gasteiger partial charge in [-0.1, -0.05) is 30.3 Å². The van der Waals surface area contributed by atoms with Crippen molar-refractivity contribution in [1.82, 2.24) is 0 Å². The van der Waals surface area contributed by atoms with E-state index in [1.54, 1.807) is 11.8 Å². The Hall–Kier alpha value is -1.26. The van der Waals surface area contributed by atoms with Crippen LogP contribution in [0.4, 0.5) is 0 Å². The third-order valence-corrected chi connectivity index (χ3v) is 4.20. The van der Waals surface area contributed by atoms with E-state index in [0.29, 0.717) is 0 Å². The molecule has 0 aliphatic rings. The molecule has 0 heterocycles. The summed E-state index contributed by atoms with van der Waals surface area (Å²) in [7, 11) is 0. The Morgan fingerprint density at radius 2 is 1.89 bits per heavy atom. The highest BCUT2D eigenvalue weighted by atomic mass is 79.9. The Bertz CT molecular complexity index is 555. The minimum atomic E-state index is 0.0847. The number of nitrogen functional groups attached to an aromatic ring is 1. The van der Waals surface area contributed by atoms with Crippen LogP contribution in [0.5, 0.6) is 0 Å². The average molecular weight is 321 g/mol. The summed E-state index contributed by atoms with van der Waals surface area (Å²) >= 11 is 5.21. The van der Waals surface area contributed by atoms with Crippen molar-refractivity contribution in [2.45, 2.75) is 10.6 Å². The minimum absolute atomic E-state index is 0.0847. The second-order valence-electron chi connectivity index (χ2n) is 3.83. The van der Waals surface area contributed by atoms with Crippen molar-refractivity contribution in [3.63, 3.8) is 0 Å². The topological polar surface area (TPSA) is 49.9 Å². The summed E-state index contributed by atoms with van der Waals surface area (Å²) in [6.45, 7) is 0. The number of hydrogen-bond acceptors (Lipinski definition) is 2. The molecule has 4 heteroatoms. The van der Waals surface area contributed by atoms with Gasteiger partial charge in [0.1, 0.15) is 5.84 Å². The number of nitrogens with two attached hydrogens (primary N) is 1. The first-order valence-corrected chi connectivity index (χ1v) is 7.25.